The van der Waals surface area contributed by atoms with Crippen molar-refractivity contribution >= 4 is 11.9 Å². The molecule has 0 aliphatic heterocycles. The van der Waals surface area contributed by atoms with E-state index in [1.165, 1.54) is 13.3 Å². The third-order valence-corrected chi connectivity index (χ3v) is 5.17. The van der Waals surface area contributed by atoms with E-state index in [0.717, 1.165) is 22.3 Å². The number of pyridine rings is 1. The van der Waals surface area contributed by atoms with Crippen LogP contribution in [0.4, 0.5) is 0 Å². The highest BCUT2D eigenvalue weighted by Crippen LogP contribution is 2.37. The van der Waals surface area contributed by atoms with Gasteiger partial charge in [0, 0.05) is 11.8 Å². The molecule has 0 fully saturated rings. The Labute approximate surface area is 186 Å². The van der Waals surface area contributed by atoms with Gasteiger partial charge in [0.25, 0.3) is 5.91 Å². The number of carbonyl (C=O) groups is 2. The first-order valence-corrected chi connectivity index (χ1v) is 10.2. The van der Waals surface area contributed by atoms with Gasteiger partial charge in [-0.3, -0.25) is 9.78 Å². The number of rotatable bonds is 6. The Morgan fingerprint density at radius 2 is 1.31 bits per heavy atom. The van der Waals surface area contributed by atoms with Gasteiger partial charge in [-0.25, -0.2) is 4.79 Å². The number of nitrogens with zero attached hydrogens (tertiary/aromatic N) is 1. The van der Waals surface area contributed by atoms with Crippen LogP contribution >= 0.6 is 0 Å². The number of methoxy groups -OCH3 is 1. The van der Waals surface area contributed by atoms with Gasteiger partial charge in [-0.05, 0) is 34.4 Å². The minimum Gasteiger partial charge on any atom is -0.467 e. The molecule has 5 nitrogen and oxygen atoms in total. The maximum absolute atomic E-state index is 13.0. The van der Waals surface area contributed by atoms with Crippen LogP contribution in [0.25, 0.3) is 22.3 Å². The van der Waals surface area contributed by atoms with Gasteiger partial charge in [0.15, 0.2) is 6.04 Å². The second-order valence-electron chi connectivity index (χ2n) is 7.14. The van der Waals surface area contributed by atoms with Gasteiger partial charge in [-0.1, -0.05) is 84.9 Å². The number of hydrogen-bond donors (Lipinski definition) is 1. The number of aromatic nitrogens is 1. The molecule has 0 aliphatic rings. The van der Waals surface area contributed by atoms with Crippen LogP contribution in [0.1, 0.15) is 22.1 Å². The van der Waals surface area contributed by atoms with Gasteiger partial charge >= 0.3 is 5.97 Å². The zero-order valence-corrected chi connectivity index (χ0v) is 17.6. The van der Waals surface area contributed by atoms with E-state index in [1.807, 2.05) is 78.9 Å². The summed E-state index contributed by atoms with van der Waals surface area (Å²) in [6.45, 7) is 0. The molecule has 0 aliphatic carbocycles. The number of benzene rings is 3. The van der Waals surface area contributed by atoms with Crippen molar-refractivity contribution in [2.24, 2.45) is 0 Å². The predicted octanol–water partition coefficient (Wildman–Crippen LogP) is 5.06. The fourth-order valence-electron chi connectivity index (χ4n) is 3.68. The quantitative estimate of drug-likeness (QED) is 0.441. The number of amides is 1. The van der Waals surface area contributed by atoms with Crippen molar-refractivity contribution in [3.8, 4) is 22.3 Å². The smallest absolute Gasteiger partial charge is 0.333 e. The summed E-state index contributed by atoms with van der Waals surface area (Å²) in [6.07, 6.45) is 1.54. The molecule has 1 atom stereocenters. The zero-order chi connectivity index (χ0) is 22.3. The number of ether oxygens (including phenoxy) is 1. The van der Waals surface area contributed by atoms with Gasteiger partial charge in [-0.2, -0.15) is 0 Å². The molecule has 1 aromatic heterocycles. The summed E-state index contributed by atoms with van der Waals surface area (Å²) in [5.41, 5.74) is 4.43. The van der Waals surface area contributed by atoms with Gasteiger partial charge in [0.2, 0.25) is 0 Å². The summed E-state index contributed by atoms with van der Waals surface area (Å²) in [5, 5.41) is 2.84. The third kappa shape index (κ3) is 4.42. The van der Waals surface area contributed by atoms with Gasteiger partial charge < -0.3 is 10.1 Å². The number of esters is 1. The van der Waals surface area contributed by atoms with Crippen LogP contribution in [0.5, 0.6) is 0 Å². The molecule has 1 amide bonds. The van der Waals surface area contributed by atoms with E-state index in [0.29, 0.717) is 5.56 Å². The molecule has 0 radical (unpaired) electrons. The monoisotopic (exact) mass is 422 g/mol. The largest absolute Gasteiger partial charge is 0.467 e. The highest BCUT2D eigenvalue weighted by Gasteiger charge is 2.30. The van der Waals surface area contributed by atoms with Crippen molar-refractivity contribution in [3.05, 3.63) is 115 Å². The summed E-state index contributed by atoms with van der Waals surface area (Å²) in [4.78, 5) is 30.1. The molecule has 0 saturated carbocycles. The summed E-state index contributed by atoms with van der Waals surface area (Å²) < 4.78 is 5.11. The Morgan fingerprint density at radius 1 is 0.750 bits per heavy atom. The normalized spacial score (nSPS) is 11.4. The summed E-state index contributed by atoms with van der Waals surface area (Å²) in [7, 11) is 1.32. The lowest BCUT2D eigenvalue weighted by molar-refractivity contribution is -0.143. The lowest BCUT2D eigenvalue weighted by Gasteiger charge is -2.23. The molecule has 0 spiro atoms. The van der Waals surface area contributed by atoms with Crippen LogP contribution < -0.4 is 5.32 Å². The molecule has 1 N–H and O–H groups in total. The molecule has 3 aromatic carbocycles. The van der Waals surface area contributed by atoms with Crippen molar-refractivity contribution in [2.75, 3.05) is 7.11 Å². The predicted molar refractivity (Wildman–Crippen MR) is 124 cm³/mol. The Kier molecular flexibility index (Phi) is 6.37. The van der Waals surface area contributed by atoms with E-state index in [9.17, 15) is 9.59 Å². The minimum atomic E-state index is -1.03. The fourth-order valence-corrected chi connectivity index (χ4v) is 3.68. The first-order valence-electron chi connectivity index (χ1n) is 10.2. The Balaban J connectivity index is 1.90. The van der Waals surface area contributed by atoms with Gasteiger partial charge in [0.05, 0.1) is 7.11 Å². The summed E-state index contributed by atoms with van der Waals surface area (Å²) in [5.74, 6) is -1.02. The van der Waals surface area contributed by atoms with Crippen LogP contribution in [0, 0.1) is 0 Å². The van der Waals surface area contributed by atoms with Crippen molar-refractivity contribution in [1.29, 1.82) is 0 Å². The van der Waals surface area contributed by atoms with E-state index in [1.54, 1.807) is 18.2 Å². The van der Waals surface area contributed by atoms with Crippen molar-refractivity contribution in [3.63, 3.8) is 0 Å². The lowest BCUT2D eigenvalue weighted by Crippen LogP contribution is -2.35. The average molecular weight is 422 g/mol. The maximum Gasteiger partial charge on any atom is 0.333 e. The van der Waals surface area contributed by atoms with Crippen LogP contribution in [0.15, 0.2) is 103 Å². The molecular weight excluding hydrogens is 400 g/mol. The van der Waals surface area contributed by atoms with E-state index < -0.39 is 17.9 Å². The molecule has 0 saturated heterocycles. The topological polar surface area (TPSA) is 68.3 Å². The van der Waals surface area contributed by atoms with Crippen LogP contribution in [-0.4, -0.2) is 24.0 Å². The van der Waals surface area contributed by atoms with Crippen LogP contribution in [0.2, 0.25) is 0 Å². The van der Waals surface area contributed by atoms with Gasteiger partial charge in [-0.15, -0.1) is 0 Å². The van der Waals surface area contributed by atoms with E-state index in [4.69, 9.17) is 4.74 Å². The van der Waals surface area contributed by atoms with Crippen molar-refractivity contribution in [1.82, 2.24) is 10.3 Å². The first kappa shape index (κ1) is 21.0. The third-order valence-electron chi connectivity index (χ3n) is 5.17. The standard InChI is InChI=1S/C27H22N2O3/c1-32-27(31)25(29-26(30)23-17-8-9-18-28-23)24-21(19-11-4-2-5-12-19)15-10-16-22(24)20-13-6-3-7-14-20/h2-18,25H,1H3,(H,29,30). The second kappa shape index (κ2) is 9.71. The molecule has 32 heavy (non-hydrogen) atoms. The fraction of sp³-hybridized carbons (Fsp3) is 0.0741. The van der Waals surface area contributed by atoms with E-state index in [-0.39, 0.29) is 5.69 Å². The molecular formula is C27H22N2O3. The van der Waals surface area contributed by atoms with E-state index in [2.05, 4.69) is 10.3 Å². The van der Waals surface area contributed by atoms with E-state index >= 15 is 0 Å². The molecule has 1 heterocycles. The minimum absolute atomic E-state index is 0.222. The number of carbonyl (C=O) groups excluding carboxylic acids is 2. The van der Waals surface area contributed by atoms with Crippen LogP contribution in [-0.2, 0) is 9.53 Å². The van der Waals surface area contributed by atoms with Crippen LogP contribution in [0.3, 0.4) is 0 Å². The Bertz CT molecular complexity index is 1150. The molecule has 4 rings (SSSR count). The second-order valence-corrected chi connectivity index (χ2v) is 7.14. The average Bonchev–Trinajstić information content (AvgIpc) is 2.88. The van der Waals surface area contributed by atoms with Crippen molar-refractivity contribution in [2.45, 2.75) is 6.04 Å². The Hall–Kier alpha value is -4.25. The zero-order valence-electron chi connectivity index (χ0n) is 17.6. The maximum atomic E-state index is 13.0. The summed E-state index contributed by atoms with van der Waals surface area (Å²) >= 11 is 0. The lowest BCUT2D eigenvalue weighted by atomic mass is 9.87. The number of nitrogens with one attached hydrogen (secondary N) is 1. The van der Waals surface area contributed by atoms with Crippen molar-refractivity contribution < 1.29 is 14.3 Å². The summed E-state index contributed by atoms with van der Waals surface area (Å²) in [6, 6.07) is 29.4. The Morgan fingerprint density at radius 3 is 1.81 bits per heavy atom. The highest BCUT2D eigenvalue weighted by atomic mass is 16.5. The highest BCUT2D eigenvalue weighted by molar-refractivity contribution is 5.97. The van der Waals surface area contributed by atoms with Gasteiger partial charge in [0.1, 0.15) is 5.69 Å². The molecule has 1 unspecified atom stereocenters. The molecule has 158 valence electrons. The molecule has 0 bridgehead atoms. The molecule has 5 heteroatoms. The first-order chi connectivity index (χ1) is 15.7. The number of hydrogen-bond acceptors (Lipinski definition) is 4. The molecule has 4 aromatic rings. The SMILES string of the molecule is COC(=O)C(NC(=O)c1ccccn1)c1c(-c2ccccc2)cccc1-c1ccccc1.